The number of rotatable bonds is 10. The van der Waals surface area contributed by atoms with E-state index in [1.165, 1.54) is 18.3 Å². The maximum Gasteiger partial charge on any atom is 0.481 e. The van der Waals surface area contributed by atoms with Crippen LogP contribution in [0.5, 0.6) is 0 Å². The average molecular weight is 562 g/mol. The molecule has 41 heavy (non-hydrogen) atoms. The van der Waals surface area contributed by atoms with Crippen LogP contribution in [0.15, 0.2) is 48.8 Å². The Balaban J connectivity index is 1.32. The highest BCUT2D eigenvalue weighted by atomic mass is 16.7. The number of nitro groups is 1. The number of non-ortho nitro benzene ring substituents is 1. The van der Waals surface area contributed by atoms with E-state index in [0.29, 0.717) is 29.4 Å². The van der Waals surface area contributed by atoms with E-state index in [-0.39, 0.29) is 47.0 Å². The van der Waals surface area contributed by atoms with Crippen molar-refractivity contribution in [1.82, 2.24) is 15.6 Å². The first kappa shape index (κ1) is 29.2. The van der Waals surface area contributed by atoms with Gasteiger partial charge in [0.2, 0.25) is 5.91 Å². The summed E-state index contributed by atoms with van der Waals surface area (Å²) in [6, 6.07) is 8.43. The van der Waals surface area contributed by atoms with Crippen LogP contribution < -0.4 is 10.6 Å². The summed E-state index contributed by atoms with van der Waals surface area (Å²) in [6.45, 7) is 11.0. The van der Waals surface area contributed by atoms with E-state index < -0.39 is 24.0 Å². The van der Waals surface area contributed by atoms with E-state index in [0.717, 1.165) is 12.8 Å². The molecule has 1 aromatic heterocycles. The minimum atomic E-state index is -0.721. The van der Waals surface area contributed by atoms with Crippen molar-refractivity contribution in [3.05, 3.63) is 70.0 Å². The zero-order chi connectivity index (χ0) is 29.5. The Kier molecular flexibility index (Phi) is 7.95. The number of nitrogens with zero attached hydrogens (tertiary/aromatic N) is 2. The van der Waals surface area contributed by atoms with Gasteiger partial charge in [-0.05, 0) is 67.1 Å². The molecule has 2 aromatic rings. The second kappa shape index (κ2) is 11.2. The Morgan fingerprint density at radius 3 is 2.49 bits per heavy atom. The third kappa shape index (κ3) is 5.74. The molecule has 2 bridgehead atoms. The van der Waals surface area contributed by atoms with E-state index in [1.807, 2.05) is 0 Å². The van der Waals surface area contributed by atoms with E-state index >= 15 is 0 Å². The molecule has 1 aromatic carbocycles. The van der Waals surface area contributed by atoms with Gasteiger partial charge >= 0.3 is 7.12 Å². The number of benzene rings is 1. The fourth-order valence-electron chi connectivity index (χ4n) is 7.09. The van der Waals surface area contributed by atoms with Gasteiger partial charge in [0.05, 0.1) is 40.6 Å². The van der Waals surface area contributed by atoms with Crippen LogP contribution in [0.4, 0.5) is 5.69 Å². The van der Waals surface area contributed by atoms with Gasteiger partial charge in [0.15, 0.2) is 0 Å². The van der Waals surface area contributed by atoms with Crippen molar-refractivity contribution in [3.63, 3.8) is 0 Å². The maximum atomic E-state index is 13.5. The van der Waals surface area contributed by atoms with E-state index in [1.54, 1.807) is 30.5 Å². The Morgan fingerprint density at radius 1 is 1.15 bits per heavy atom. The first-order valence-electron chi connectivity index (χ1n) is 14.5. The predicted molar refractivity (Wildman–Crippen MR) is 154 cm³/mol. The number of hydrogen-bond acceptors (Lipinski definition) is 7. The molecule has 10 nitrogen and oxygen atoms in total. The summed E-state index contributed by atoms with van der Waals surface area (Å²) in [7, 11) is -0.561. The number of aromatic nitrogens is 1. The second-order valence-corrected chi connectivity index (χ2v) is 13.0. The number of carbonyl (C=O) groups is 2. The van der Waals surface area contributed by atoms with Crippen LogP contribution in [0.3, 0.4) is 0 Å². The van der Waals surface area contributed by atoms with Crippen molar-refractivity contribution in [2.75, 3.05) is 0 Å². The number of nitrogens with one attached hydrogen (secondary N) is 2. The average Bonchev–Trinajstić information content (AvgIpc) is 3.29. The van der Waals surface area contributed by atoms with Crippen molar-refractivity contribution in [1.29, 1.82) is 0 Å². The van der Waals surface area contributed by atoms with Gasteiger partial charge in [0, 0.05) is 24.5 Å². The molecule has 3 aliphatic carbocycles. The minimum Gasteiger partial charge on any atom is -0.404 e. The maximum absolute atomic E-state index is 13.5. The van der Waals surface area contributed by atoms with Crippen LogP contribution in [0.1, 0.15) is 82.3 Å². The lowest BCUT2D eigenvalue weighted by Crippen LogP contribution is -2.65. The number of amides is 2. The van der Waals surface area contributed by atoms with Gasteiger partial charge in [-0.15, -0.1) is 0 Å². The SMILES string of the molecule is CC(C)C[C@H](NC(=O)CC(NC(=O)c1cccnc1)c1ccc([N+](=O)[O-])cc1)B1O[C@@H]2C[C@@H]3C[C@@H](C3(C)C)[C@]2(C)O1. The summed E-state index contributed by atoms with van der Waals surface area (Å²) in [5.74, 6) is 0.280. The van der Waals surface area contributed by atoms with Gasteiger partial charge in [-0.25, -0.2) is 0 Å². The van der Waals surface area contributed by atoms with Crippen LogP contribution in [0.25, 0.3) is 0 Å². The molecule has 0 spiro atoms. The lowest BCUT2D eigenvalue weighted by Gasteiger charge is -2.64. The smallest absolute Gasteiger partial charge is 0.404 e. The number of pyridine rings is 1. The topological polar surface area (TPSA) is 133 Å². The number of hydrogen-bond donors (Lipinski definition) is 2. The molecular weight excluding hydrogens is 523 g/mol. The molecule has 6 rings (SSSR count). The number of carbonyl (C=O) groups excluding carboxylic acids is 2. The van der Waals surface area contributed by atoms with Crippen LogP contribution in [-0.4, -0.2) is 46.5 Å². The van der Waals surface area contributed by atoms with Gasteiger partial charge < -0.3 is 19.9 Å². The van der Waals surface area contributed by atoms with Crippen molar-refractivity contribution >= 4 is 24.6 Å². The van der Waals surface area contributed by atoms with Gasteiger partial charge in [0.25, 0.3) is 11.6 Å². The van der Waals surface area contributed by atoms with Gasteiger partial charge in [-0.3, -0.25) is 24.7 Å². The van der Waals surface area contributed by atoms with Crippen molar-refractivity contribution in [2.24, 2.45) is 23.2 Å². The molecule has 1 saturated heterocycles. The van der Waals surface area contributed by atoms with Gasteiger partial charge in [-0.1, -0.05) is 39.8 Å². The largest absolute Gasteiger partial charge is 0.481 e. The van der Waals surface area contributed by atoms with Crippen molar-refractivity contribution in [3.8, 4) is 0 Å². The van der Waals surface area contributed by atoms with Crippen LogP contribution in [-0.2, 0) is 14.1 Å². The molecule has 218 valence electrons. The Labute approximate surface area is 241 Å². The molecule has 0 radical (unpaired) electrons. The highest BCUT2D eigenvalue weighted by molar-refractivity contribution is 6.47. The van der Waals surface area contributed by atoms with Gasteiger partial charge in [0.1, 0.15) is 0 Å². The highest BCUT2D eigenvalue weighted by Gasteiger charge is 2.68. The zero-order valence-electron chi connectivity index (χ0n) is 24.3. The van der Waals surface area contributed by atoms with Crippen LogP contribution >= 0.6 is 0 Å². The summed E-state index contributed by atoms with van der Waals surface area (Å²) in [6.07, 6.45) is 5.72. The summed E-state index contributed by atoms with van der Waals surface area (Å²) in [5, 5.41) is 17.2. The van der Waals surface area contributed by atoms with Crippen molar-refractivity contribution < 1.29 is 23.8 Å². The fraction of sp³-hybridized carbons (Fsp3) is 0.567. The summed E-state index contributed by atoms with van der Waals surface area (Å²) in [5.41, 5.74) is 0.686. The standard InChI is InChI=1S/C30H39BN4O6/c1-18(2)13-26(31-40-25-15-21-14-24(29(21,3)4)30(25,5)41-31)34-27(36)16-23(19-8-10-22(11-9-19)35(38)39)33-28(37)20-7-6-12-32-17-20/h6-12,17-18,21,23-26H,13-16H2,1-5H3,(H,33,37)(H,34,36)/t21-,23?,24-,25+,26-,30-/m0/s1. The fourth-order valence-corrected chi connectivity index (χ4v) is 7.09. The summed E-state index contributed by atoms with van der Waals surface area (Å²) in [4.78, 5) is 41.2. The number of nitro benzene ring substituents is 1. The monoisotopic (exact) mass is 562 g/mol. The lowest BCUT2D eigenvalue weighted by atomic mass is 9.43. The second-order valence-electron chi connectivity index (χ2n) is 13.0. The first-order valence-corrected chi connectivity index (χ1v) is 14.5. The summed E-state index contributed by atoms with van der Waals surface area (Å²) < 4.78 is 13.2. The molecule has 6 atom stereocenters. The Hall–Kier alpha value is -3.31. The molecule has 3 saturated carbocycles. The molecule has 11 heteroatoms. The third-order valence-electron chi connectivity index (χ3n) is 9.49. The Morgan fingerprint density at radius 2 is 1.88 bits per heavy atom. The molecule has 2 amide bonds. The highest BCUT2D eigenvalue weighted by Crippen LogP contribution is 2.65. The Bertz CT molecular complexity index is 1290. The molecule has 1 aliphatic heterocycles. The normalized spacial score (nSPS) is 27.4. The lowest BCUT2D eigenvalue weighted by molar-refractivity contribution is -0.384. The predicted octanol–water partition coefficient (Wildman–Crippen LogP) is 4.65. The molecule has 1 unspecified atom stereocenters. The quantitative estimate of drug-likeness (QED) is 0.245. The van der Waals surface area contributed by atoms with Crippen molar-refractivity contribution in [2.45, 2.75) is 84.0 Å². The molecular formula is C30H39BN4O6. The van der Waals surface area contributed by atoms with Crippen LogP contribution in [0, 0.1) is 33.3 Å². The first-order chi connectivity index (χ1) is 19.4. The van der Waals surface area contributed by atoms with E-state index in [9.17, 15) is 19.7 Å². The van der Waals surface area contributed by atoms with Crippen LogP contribution in [0.2, 0.25) is 0 Å². The third-order valence-corrected chi connectivity index (χ3v) is 9.49. The molecule has 2 heterocycles. The van der Waals surface area contributed by atoms with Gasteiger partial charge in [-0.2, -0.15) is 0 Å². The molecule has 2 N–H and O–H groups in total. The summed E-state index contributed by atoms with van der Waals surface area (Å²) >= 11 is 0. The van der Waals surface area contributed by atoms with E-state index in [4.69, 9.17) is 9.31 Å². The zero-order valence-corrected chi connectivity index (χ0v) is 24.3. The van der Waals surface area contributed by atoms with E-state index in [2.05, 4.69) is 50.2 Å². The minimum absolute atomic E-state index is 0.00228. The molecule has 4 aliphatic rings. The molecule has 4 fully saturated rings.